The fraction of sp³-hybridized carbons (Fsp3) is 0.444. The first-order valence-electron chi connectivity index (χ1n) is 12.3. The van der Waals surface area contributed by atoms with Crippen molar-refractivity contribution in [1.82, 2.24) is 9.55 Å². The highest BCUT2D eigenvalue weighted by Crippen LogP contribution is 2.41. The number of unbranched alkanes of at least 4 members (excludes halogenated alkanes) is 2. The Morgan fingerprint density at radius 1 is 1.00 bits per heavy atom. The summed E-state index contributed by atoms with van der Waals surface area (Å²) in [5.74, 6) is -0.410. The predicted molar refractivity (Wildman–Crippen MR) is 132 cm³/mol. The number of anilines is 1. The van der Waals surface area contributed by atoms with Crippen molar-refractivity contribution in [2.24, 2.45) is 5.92 Å². The van der Waals surface area contributed by atoms with Gasteiger partial charge in [-0.1, -0.05) is 51.0 Å². The molecule has 0 aliphatic carbocycles. The van der Waals surface area contributed by atoms with Crippen LogP contribution in [0.15, 0.2) is 48.5 Å². The van der Waals surface area contributed by atoms with Gasteiger partial charge in [0, 0.05) is 6.54 Å². The van der Waals surface area contributed by atoms with Crippen molar-refractivity contribution in [1.29, 1.82) is 0 Å². The molecule has 7 nitrogen and oxygen atoms in total. The summed E-state index contributed by atoms with van der Waals surface area (Å²) in [5.41, 5.74) is 2.52. The first-order chi connectivity index (χ1) is 16.6. The van der Waals surface area contributed by atoms with E-state index in [1.54, 1.807) is 11.8 Å². The van der Waals surface area contributed by atoms with Crippen molar-refractivity contribution in [3.8, 4) is 5.75 Å². The van der Waals surface area contributed by atoms with Gasteiger partial charge in [-0.05, 0) is 49.6 Å². The fourth-order valence-electron chi connectivity index (χ4n) is 4.56. The summed E-state index contributed by atoms with van der Waals surface area (Å²) in [7, 11) is 0. The average molecular weight is 464 g/mol. The summed E-state index contributed by atoms with van der Waals surface area (Å²) in [4.78, 5) is 33.5. The molecule has 2 heterocycles. The molecule has 1 aliphatic heterocycles. The second kappa shape index (κ2) is 10.7. The number of aromatic nitrogens is 2. The highest BCUT2D eigenvalue weighted by molar-refractivity contribution is 6.08. The highest BCUT2D eigenvalue weighted by Gasteiger charge is 2.47. The lowest BCUT2D eigenvalue weighted by atomic mass is 9.89. The lowest BCUT2D eigenvalue weighted by Gasteiger charge is -2.38. The van der Waals surface area contributed by atoms with Crippen molar-refractivity contribution < 1.29 is 19.1 Å². The topological polar surface area (TPSA) is 73.7 Å². The number of carbonyl (C=O) groups excluding carboxylic acids is 2. The Kier molecular flexibility index (Phi) is 7.50. The number of rotatable bonds is 10. The van der Waals surface area contributed by atoms with Crippen LogP contribution in [0.3, 0.4) is 0 Å². The molecule has 0 spiro atoms. The quantitative estimate of drug-likeness (QED) is 0.237. The van der Waals surface area contributed by atoms with Gasteiger partial charge in [0.25, 0.3) is 0 Å². The van der Waals surface area contributed by atoms with E-state index in [1.165, 1.54) is 0 Å². The standard InChI is InChI=1S/C27H33N3O4/c1-4-7-10-17-29-25(31)23(26(32)33-6-3)24(19-13-15-20(16-14-19)34-18-5-2)30-22-12-9-8-11-21(22)28-27(29)30/h8-9,11-16,23-24H,4-7,10,17-18H2,1-3H3/t23-,24-/m0/s1. The Labute approximate surface area is 200 Å². The van der Waals surface area contributed by atoms with Crippen molar-refractivity contribution >= 4 is 28.9 Å². The van der Waals surface area contributed by atoms with Crippen LogP contribution in [0.5, 0.6) is 5.75 Å². The summed E-state index contributed by atoms with van der Waals surface area (Å²) < 4.78 is 13.2. The molecule has 1 amide bonds. The van der Waals surface area contributed by atoms with Gasteiger partial charge in [-0.15, -0.1) is 0 Å². The summed E-state index contributed by atoms with van der Waals surface area (Å²) in [6, 6.07) is 14.9. The van der Waals surface area contributed by atoms with Gasteiger partial charge >= 0.3 is 5.97 Å². The van der Waals surface area contributed by atoms with E-state index < -0.39 is 17.9 Å². The van der Waals surface area contributed by atoms with Crippen LogP contribution >= 0.6 is 0 Å². The number of hydrogen-bond donors (Lipinski definition) is 0. The van der Waals surface area contributed by atoms with Crippen molar-refractivity contribution in [3.05, 3.63) is 54.1 Å². The van der Waals surface area contributed by atoms with E-state index in [1.807, 2.05) is 53.1 Å². The van der Waals surface area contributed by atoms with Gasteiger partial charge in [0.2, 0.25) is 11.9 Å². The smallest absolute Gasteiger partial charge is 0.321 e. The maximum absolute atomic E-state index is 13.8. The van der Waals surface area contributed by atoms with E-state index >= 15 is 0 Å². The van der Waals surface area contributed by atoms with E-state index in [2.05, 4.69) is 13.8 Å². The Bertz CT molecular complexity index is 1140. The zero-order chi connectivity index (χ0) is 24.1. The summed E-state index contributed by atoms with van der Waals surface area (Å²) in [6.45, 7) is 7.31. The monoisotopic (exact) mass is 463 g/mol. The van der Waals surface area contributed by atoms with Gasteiger partial charge in [0.05, 0.1) is 30.3 Å². The third-order valence-electron chi connectivity index (χ3n) is 6.16. The minimum atomic E-state index is -0.992. The maximum Gasteiger partial charge on any atom is 0.321 e. The number of fused-ring (bicyclic) bond motifs is 3. The number of para-hydroxylation sites is 2. The fourth-order valence-corrected chi connectivity index (χ4v) is 4.56. The molecule has 0 unspecified atom stereocenters. The van der Waals surface area contributed by atoms with Gasteiger partial charge in [0.15, 0.2) is 5.92 Å². The Hall–Kier alpha value is -3.35. The molecule has 0 bridgehead atoms. The molecular weight excluding hydrogens is 430 g/mol. The van der Waals surface area contributed by atoms with E-state index in [0.717, 1.165) is 48.0 Å². The van der Waals surface area contributed by atoms with Gasteiger partial charge in [-0.2, -0.15) is 0 Å². The van der Waals surface area contributed by atoms with Crippen LogP contribution in [0.25, 0.3) is 11.0 Å². The number of imidazole rings is 1. The molecule has 0 N–H and O–H groups in total. The minimum absolute atomic E-state index is 0.215. The molecule has 0 saturated carbocycles. The lowest BCUT2D eigenvalue weighted by Crippen LogP contribution is -2.50. The maximum atomic E-state index is 13.8. The van der Waals surface area contributed by atoms with E-state index in [9.17, 15) is 9.59 Å². The molecule has 3 aromatic rings. The molecule has 4 rings (SSSR count). The van der Waals surface area contributed by atoms with Crippen LogP contribution < -0.4 is 9.64 Å². The molecule has 2 aromatic carbocycles. The van der Waals surface area contributed by atoms with E-state index in [4.69, 9.17) is 14.5 Å². The second-order valence-electron chi connectivity index (χ2n) is 8.56. The molecule has 0 fully saturated rings. The van der Waals surface area contributed by atoms with E-state index in [0.29, 0.717) is 19.1 Å². The zero-order valence-electron chi connectivity index (χ0n) is 20.2. The summed E-state index contributed by atoms with van der Waals surface area (Å²) in [6.07, 6.45) is 3.79. The first-order valence-corrected chi connectivity index (χ1v) is 12.3. The van der Waals surface area contributed by atoms with Crippen LogP contribution in [0.1, 0.15) is 58.1 Å². The summed E-state index contributed by atoms with van der Waals surface area (Å²) in [5, 5.41) is 0. The molecule has 7 heteroatoms. The lowest BCUT2D eigenvalue weighted by molar-refractivity contribution is -0.153. The Morgan fingerprint density at radius 3 is 2.47 bits per heavy atom. The Balaban J connectivity index is 1.86. The number of hydrogen-bond acceptors (Lipinski definition) is 5. The minimum Gasteiger partial charge on any atom is -0.494 e. The molecule has 1 aromatic heterocycles. The molecular formula is C27H33N3O4. The Morgan fingerprint density at radius 2 is 1.76 bits per heavy atom. The molecule has 180 valence electrons. The summed E-state index contributed by atoms with van der Waals surface area (Å²) >= 11 is 0. The molecule has 2 atom stereocenters. The number of ether oxygens (including phenoxy) is 2. The third kappa shape index (κ3) is 4.52. The first kappa shape index (κ1) is 23.8. The van der Waals surface area contributed by atoms with Gasteiger partial charge < -0.3 is 14.0 Å². The zero-order valence-corrected chi connectivity index (χ0v) is 20.2. The molecule has 0 radical (unpaired) electrons. The van der Waals surface area contributed by atoms with Crippen LogP contribution in [0.2, 0.25) is 0 Å². The number of carbonyl (C=O) groups is 2. The predicted octanol–water partition coefficient (Wildman–Crippen LogP) is 5.13. The number of benzene rings is 2. The number of amides is 1. The van der Waals surface area contributed by atoms with Gasteiger partial charge in [-0.25, -0.2) is 4.98 Å². The van der Waals surface area contributed by atoms with Gasteiger partial charge in [-0.3, -0.25) is 14.5 Å². The SMILES string of the molecule is CCCCCN1C(=O)[C@@H](C(=O)OCC)[C@H](c2ccc(OCCC)cc2)n2c1nc1ccccc12. The molecule has 34 heavy (non-hydrogen) atoms. The van der Waals surface area contributed by atoms with Crippen molar-refractivity contribution in [2.75, 3.05) is 24.7 Å². The van der Waals surface area contributed by atoms with Gasteiger partial charge in [0.1, 0.15) is 5.75 Å². The number of nitrogens with zero attached hydrogens (tertiary/aromatic N) is 3. The average Bonchev–Trinajstić information content (AvgIpc) is 3.23. The van der Waals surface area contributed by atoms with Crippen molar-refractivity contribution in [3.63, 3.8) is 0 Å². The number of esters is 1. The molecule has 0 saturated heterocycles. The normalized spacial score (nSPS) is 17.6. The van der Waals surface area contributed by atoms with Crippen LogP contribution in [0.4, 0.5) is 5.95 Å². The van der Waals surface area contributed by atoms with Crippen molar-refractivity contribution in [2.45, 2.75) is 52.5 Å². The van der Waals surface area contributed by atoms with Crippen LogP contribution in [-0.4, -0.2) is 41.2 Å². The van der Waals surface area contributed by atoms with E-state index in [-0.39, 0.29) is 12.5 Å². The second-order valence-corrected chi connectivity index (χ2v) is 8.56. The largest absolute Gasteiger partial charge is 0.494 e. The van der Waals surface area contributed by atoms with Crippen LogP contribution in [-0.2, 0) is 14.3 Å². The highest BCUT2D eigenvalue weighted by atomic mass is 16.5. The molecule has 1 aliphatic rings. The van der Waals surface area contributed by atoms with Crippen LogP contribution in [0, 0.1) is 5.92 Å². The third-order valence-corrected chi connectivity index (χ3v) is 6.16.